The van der Waals surface area contributed by atoms with Crippen LogP contribution in [0.1, 0.15) is 17.4 Å². The first-order valence-corrected chi connectivity index (χ1v) is 4.98. The third kappa shape index (κ3) is 1.38. The van der Waals surface area contributed by atoms with Crippen molar-refractivity contribution in [1.29, 1.82) is 0 Å². The van der Waals surface area contributed by atoms with Crippen molar-refractivity contribution in [3.05, 3.63) is 28.3 Å². The SMILES string of the molecule is Cn1ncc(C(O)c2cscn2)c1N. The molecule has 0 bridgehead atoms. The van der Waals surface area contributed by atoms with Crippen molar-refractivity contribution >= 4 is 17.2 Å². The molecule has 0 fully saturated rings. The van der Waals surface area contributed by atoms with Crippen molar-refractivity contribution in [3.8, 4) is 0 Å². The molecule has 1 atom stereocenters. The van der Waals surface area contributed by atoms with Gasteiger partial charge in [0.25, 0.3) is 0 Å². The molecular weight excluding hydrogens is 200 g/mol. The molecule has 74 valence electrons. The number of aliphatic hydroxyl groups excluding tert-OH is 1. The van der Waals surface area contributed by atoms with Gasteiger partial charge < -0.3 is 10.8 Å². The van der Waals surface area contributed by atoms with E-state index in [9.17, 15) is 5.11 Å². The fourth-order valence-corrected chi connectivity index (χ4v) is 1.76. The van der Waals surface area contributed by atoms with E-state index in [1.54, 1.807) is 24.1 Å². The van der Waals surface area contributed by atoms with Crippen molar-refractivity contribution in [2.45, 2.75) is 6.10 Å². The molecule has 0 saturated carbocycles. The van der Waals surface area contributed by atoms with Gasteiger partial charge in [-0.25, -0.2) is 4.98 Å². The van der Waals surface area contributed by atoms with Gasteiger partial charge in [-0.1, -0.05) is 0 Å². The van der Waals surface area contributed by atoms with Gasteiger partial charge in [0.2, 0.25) is 0 Å². The molecule has 0 aromatic carbocycles. The molecule has 3 N–H and O–H groups in total. The normalized spacial score (nSPS) is 13.0. The molecule has 2 rings (SSSR count). The Labute approximate surface area is 84.8 Å². The molecule has 6 heteroatoms. The number of nitrogen functional groups attached to an aromatic ring is 1. The minimum Gasteiger partial charge on any atom is -0.384 e. The predicted molar refractivity (Wildman–Crippen MR) is 53.8 cm³/mol. The van der Waals surface area contributed by atoms with E-state index in [1.807, 2.05) is 0 Å². The van der Waals surface area contributed by atoms with Gasteiger partial charge in [0.15, 0.2) is 0 Å². The average Bonchev–Trinajstić information content (AvgIpc) is 2.77. The summed E-state index contributed by atoms with van der Waals surface area (Å²) < 4.78 is 1.52. The summed E-state index contributed by atoms with van der Waals surface area (Å²) in [5.41, 5.74) is 8.60. The number of anilines is 1. The average molecular weight is 210 g/mol. The van der Waals surface area contributed by atoms with Crippen LogP contribution in [0.25, 0.3) is 0 Å². The number of aryl methyl sites for hydroxylation is 1. The highest BCUT2D eigenvalue weighted by Crippen LogP contribution is 2.25. The number of hydrogen-bond acceptors (Lipinski definition) is 5. The number of hydrogen-bond donors (Lipinski definition) is 2. The first-order chi connectivity index (χ1) is 6.70. The summed E-state index contributed by atoms with van der Waals surface area (Å²) in [6.07, 6.45) is 0.772. The second kappa shape index (κ2) is 3.39. The molecule has 2 aromatic rings. The summed E-state index contributed by atoms with van der Waals surface area (Å²) in [6.45, 7) is 0. The van der Waals surface area contributed by atoms with Crippen LogP contribution in [-0.2, 0) is 7.05 Å². The topological polar surface area (TPSA) is 77.0 Å². The maximum absolute atomic E-state index is 9.89. The number of aliphatic hydroxyl groups is 1. The number of nitrogens with two attached hydrogens (primary N) is 1. The van der Waals surface area contributed by atoms with Gasteiger partial charge in [0.1, 0.15) is 11.9 Å². The number of rotatable bonds is 2. The van der Waals surface area contributed by atoms with Gasteiger partial charge in [0, 0.05) is 18.0 Å². The van der Waals surface area contributed by atoms with Gasteiger partial charge in [-0.2, -0.15) is 5.10 Å². The Kier molecular flexibility index (Phi) is 2.22. The first kappa shape index (κ1) is 9.17. The van der Waals surface area contributed by atoms with Crippen molar-refractivity contribution in [3.63, 3.8) is 0 Å². The minimum atomic E-state index is -0.782. The zero-order chi connectivity index (χ0) is 10.1. The van der Waals surface area contributed by atoms with Crippen LogP contribution in [0.5, 0.6) is 0 Å². The molecule has 2 aromatic heterocycles. The van der Waals surface area contributed by atoms with Crippen LogP contribution < -0.4 is 5.73 Å². The van der Waals surface area contributed by atoms with Crippen LogP contribution in [0.4, 0.5) is 5.82 Å². The molecule has 0 saturated heterocycles. The van der Waals surface area contributed by atoms with Crippen LogP contribution in [0.2, 0.25) is 0 Å². The highest BCUT2D eigenvalue weighted by molar-refractivity contribution is 7.07. The fourth-order valence-electron chi connectivity index (χ4n) is 1.19. The highest BCUT2D eigenvalue weighted by atomic mass is 32.1. The zero-order valence-corrected chi connectivity index (χ0v) is 8.40. The van der Waals surface area contributed by atoms with Crippen LogP contribution >= 0.6 is 11.3 Å². The maximum atomic E-state index is 9.89. The third-order valence-electron chi connectivity index (χ3n) is 2.04. The van der Waals surface area contributed by atoms with Gasteiger partial charge in [0.05, 0.1) is 17.4 Å². The minimum absolute atomic E-state index is 0.463. The Morgan fingerprint density at radius 3 is 2.93 bits per heavy atom. The molecule has 0 radical (unpaired) electrons. The second-order valence-corrected chi connectivity index (χ2v) is 3.64. The highest BCUT2D eigenvalue weighted by Gasteiger charge is 2.17. The molecular formula is C8H10N4OS. The first-order valence-electron chi connectivity index (χ1n) is 4.03. The number of aromatic nitrogens is 3. The maximum Gasteiger partial charge on any atom is 0.127 e. The Morgan fingerprint density at radius 2 is 2.43 bits per heavy atom. The second-order valence-electron chi connectivity index (χ2n) is 2.92. The van der Waals surface area contributed by atoms with Crippen molar-refractivity contribution in [2.24, 2.45) is 7.05 Å². The van der Waals surface area contributed by atoms with Crippen LogP contribution in [0, 0.1) is 0 Å². The summed E-state index contributed by atoms with van der Waals surface area (Å²) in [6, 6.07) is 0. The predicted octanol–water partition coefficient (Wildman–Crippen LogP) is 0.541. The number of thiazole rings is 1. The molecule has 14 heavy (non-hydrogen) atoms. The summed E-state index contributed by atoms with van der Waals surface area (Å²) >= 11 is 1.44. The lowest BCUT2D eigenvalue weighted by Crippen LogP contribution is -2.04. The summed E-state index contributed by atoms with van der Waals surface area (Å²) in [5, 5.41) is 15.6. The van der Waals surface area contributed by atoms with Gasteiger partial charge in [-0.05, 0) is 0 Å². The summed E-state index contributed by atoms with van der Waals surface area (Å²) in [5.74, 6) is 0.463. The lowest BCUT2D eigenvalue weighted by Gasteiger charge is -2.06. The van der Waals surface area contributed by atoms with Gasteiger partial charge in [-0.15, -0.1) is 11.3 Å². The van der Waals surface area contributed by atoms with Crippen molar-refractivity contribution in [1.82, 2.24) is 14.8 Å². The Balaban J connectivity index is 2.36. The molecule has 0 aliphatic carbocycles. The van der Waals surface area contributed by atoms with E-state index in [1.165, 1.54) is 16.0 Å². The molecule has 0 spiro atoms. The van der Waals surface area contributed by atoms with Crippen LogP contribution in [-0.4, -0.2) is 19.9 Å². The molecule has 5 nitrogen and oxygen atoms in total. The van der Waals surface area contributed by atoms with E-state index in [4.69, 9.17) is 5.73 Å². The lowest BCUT2D eigenvalue weighted by molar-refractivity contribution is 0.217. The molecule has 1 unspecified atom stereocenters. The molecule has 2 heterocycles. The Morgan fingerprint density at radius 1 is 1.64 bits per heavy atom. The van der Waals surface area contributed by atoms with Gasteiger partial charge >= 0.3 is 0 Å². The largest absolute Gasteiger partial charge is 0.384 e. The summed E-state index contributed by atoms with van der Waals surface area (Å²) in [4.78, 5) is 4.02. The smallest absolute Gasteiger partial charge is 0.127 e. The van der Waals surface area contributed by atoms with E-state index >= 15 is 0 Å². The van der Waals surface area contributed by atoms with Crippen molar-refractivity contribution < 1.29 is 5.11 Å². The molecule has 0 amide bonds. The molecule has 0 aliphatic rings. The lowest BCUT2D eigenvalue weighted by atomic mass is 10.1. The Bertz CT molecular complexity index is 422. The standard InChI is InChI=1S/C8H10N4OS/c1-12-8(9)5(2-11-12)7(13)6-3-14-4-10-6/h2-4,7,13H,9H2,1H3. The summed E-state index contributed by atoms with van der Waals surface area (Å²) in [7, 11) is 1.73. The monoisotopic (exact) mass is 210 g/mol. The van der Waals surface area contributed by atoms with Gasteiger partial charge in [-0.3, -0.25) is 4.68 Å². The van der Waals surface area contributed by atoms with Crippen molar-refractivity contribution in [2.75, 3.05) is 5.73 Å². The van der Waals surface area contributed by atoms with E-state index in [2.05, 4.69) is 10.1 Å². The zero-order valence-electron chi connectivity index (χ0n) is 7.58. The fraction of sp³-hybridized carbons (Fsp3) is 0.250. The van der Waals surface area contributed by atoms with E-state index in [0.29, 0.717) is 17.1 Å². The molecule has 0 aliphatic heterocycles. The van der Waals surface area contributed by atoms with E-state index in [-0.39, 0.29) is 0 Å². The van der Waals surface area contributed by atoms with E-state index < -0.39 is 6.10 Å². The number of nitrogens with zero attached hydrogens (tertiary/aromatic N) is 3. The third-order valence-corrected chi connectivity index (χ3v) is 2.65. The van der Waals surface area contributed by atoms with Crippen LogP contribution in [0.3, 0.4) is 0 Å². The Hall–Kier alpha value is -1.40. The van der Waals surface area contributed by atoms with E-state index in [0.717, 1.165) is 0 Å². The quantitative estimate of drug-likeness (QED) is 0.758. The van der Waals surface area contributed by atoms with Crippen LogP contribution in [0.15, 0.2) is 17.1 Å².